The van der Waals surface area contributed by atoms with E-state index in [0.717, 1.165) is 50.3 Å². The zero-order valence-electron chi connectivity index (χ0n) is 10.7. The third-order valence-electron chi connectivity index (χ3n) is 4.10. The molecule has 3 nitrogen and oxygen atoms in total. The first kappa shape index (κ1) is 12.2. The molecule has 2 aliphatic rings. The average molecular weight is 265 g/mol. The van der Waals surface area contributed by atoms with Crippen LogP contribution in [0.15, 0.2) is 18.2 Å². The summed E-state index contributed by atoms with van der Waals surface area (Å²) in [5.74, 6) is 1.95. The van der Waals surface area contributed by atoms with Gasteiger partial charge in [-0.25, -0.2) is 0 Å². The number of hydrogen-bond acceptors (Lipinski definition) is 4. The lowest BCUT2D eigenvalue weighted by molar-refractivity contribution is 0.00365. The summed E-state index contributed by atoms with van der Waals surface area (Å²) in [6, 6.07) is 6.11. The summed E-state index contributed by atoms with van der Waals surface area (Å²) in [5, 5.41) is 0. The van der Waals surface area contributed by atoms with Gasteiger partial charge in [0.15, 0.2) is 0 Å². The van der Waals surface area contributed by atoms with Gasteiger partial charge in [-0.2, -0.15) is 0 Å². The van der Waals surface area contributed by atoms with Gasteiger partial charge in [0.05, 0.1) is 7.11 Å². The maximum Gasteiger partial charge on any atom is 0.123 e. The monoisotopic (exact) mass is 265 g/mol. The molecule has 0 aliphatic carbocycles. The molecule has 18 heavy (non-hydrogen) atoms. The predicted octanol–water partition coefficient (Wildman–Crippen LogP) is 2.70. The first-order valence-electron chi connectivity index (χ1n) is 6.51. The van der Waals surface area contributed by atoms with Crippen molar-refractivity contribution in [1.82, 2.24) is 4.31 Å². The molecule has 0 saturated carbocycles. The fraction of sp³-hybridized carbons (Fsp3) is 0.571. The molecule has 1 saturated heterocycles. The number of thiol groups is 1. The molecule has 1 spiro atoms. The lowest BCUT2D eigenvalue weighted by Crippen LogP contribution is -2.47. The molecule has 4 heteroatoms. The second kappa shape index (κ2) is 4.67. The van der Waals surface area contributed by atoms with Crippen molar-refractivity contribution >= 4 is 12.8 Å². The first-order valence-corrected chi connectivity index (χ1v) is 6.91. The van der Waals surface area contributed by atoms with E-state index in [-0.39, 0.29) is 5.60 Å². The average Bonchev–Trinajstić information content (AvgIpc) is 2.42. The van der Waals surface area contributed by atoms with Crippen molar-refractivity contribution in [3.05, 3.63) is 23.8 Å². The highest BCUT2D eigenvalue weighted by atomic mass is 32.1. The summed E-state index contributed by atoms with van der Waals surface area (Å²) in [6.07, 6.45) is 4.33. The zero-order chi connectivity index (χ0) is 12.6. The number of aryl methyl sites for hydroxylation is 1. The highest BCUT2D eigenvalue weighted by Crippen LogP contribution is 2.40. The van der Waals surface area contributed by atoms with Crippen LogP contribution in [0, 0.1) is 0 Å². The first-order chi connectivity index (χ1) is 8.71. The van der Waals surface area contributed by atoms with Gasteiger partial charge in [-0.15, -0.1) is 0 Å². The molecule has 0 bridgehead atoms. The molecule has 2 heterocycles. The van der Waals surface area contributed by atoms with Crippen molar-refractivity contribution in [2.75, 3.05) is 20.2 Å². The largest absolute Gasteiger partial charge is 0.497 e. The summed E-state index contributed by atoms with van der Waals surface area (Å²) < 4.78 is 13.6. The lowest BCUT2D eigenvalue weighted by atomic mass is 9.83. The molecule has 1 aromatic rings. The number of benzene rings is 1. The molecule has 0 radical (unpaired) electrons. The quantitative estimate of drug-likeness (QED) is 0.789. The van der Waals surface area contributed by atoms with Crippen LogP contribution in [0.4, 0.5) is 0 Å². The minimum Gasteiger partial charge on any atom is -0.497 e. The minimum atomic E-state index is 0.0425. The summed E-state index contributed by atoms with van der Waals surface area (Å²) in [4.78, 5) is 0. The third-order valence-corrected chi connectivity index (χ3v) is 4.50. The van der Waals surface area contributed by atoms with Crippen LogP contribution in [0.5, 0.6) is 11.5 Å². The molecular weight excluding hydrogens is 246 g/mol. The van der Waals surface area contributed by atoms with Crippen LogP contribution in [0.1, 0.15) is 24.8 Å². The molecular formula is C14H19NO2S. The Morgan fingerprint density at radius 3 is 2.78 bits per heavy atom. The van der Waals surface area contributed by atoms with Crippen molar-refractivity contribution in [2.24, 2.45) is 0 Å². The van der Waals surface area contributed by atoms with Crippen LogP contribution in [0.3, 0.4) is 0 Å². The zero-order valence-corrected chi connectivity index (χ0v) is 11.6. The van der Waals surface area contributed by atoms with Gasteiger partial charge in [0.2, 0.25) is 0 Å². The van der Waals surface area contributed by atoms with E-state index in [2.05, 4.69) is 23.2 Å². The number of methoxy groups -OCH3 is 1. The second-order valence-corrected chi connectivity index (χ2v) is 5.78. The fourth-order valence-corrected chi connectivity index (χ4v) is 3.08. The molecule has 2 aliphatic heterocycles. The molecule has 0 amide bonds. The van der Waals surface area contributed by atoms with Crippen LogP contribution in [-0.4, -0.2) is 30.1 Å². The number of fused-ring (bicyclic) bond motifs is 1. The Morgan fingerprint density at radius 1 is 1.28 bits per heavy atom. The molecule has 3 rings (SSSR count). The summed E-state index contributed by atoms with van der Waals surface area (Å²) >= 11 is 4.41. The van der Waals surface area contributed by atoms with Crippen LogP contribution in [0.25, 0.3) is 0 Å². The van der Waals surface area contributed by atoms with E-state index >= 15 is 0 Å². The summed E-state index contributed by atoms with van der Waals surface area (Å²) in [6.45, 7) is 2.02. The van der Waals surface area contributed by atoms with E-state index in [1.165, 1.54) is 5.56 Å². The van der Waals surface area contributed by atoms with Crippen LogP contribution in [-0.2, 0) is 6.42 Å². The SMILES string of the molecule is COc1ccc2c(c1)CCC1(CCN(S)CC1)O2. The number of ether oxygens (including phenoxy) is 2. The summed E-state index contributed by atoms with van der Waals surface area (Å²) in [7, 11) is 1.70. The number of nitrogens with zero attached hydrogens (tertiary/aromatic N) is 1. The standard InChI is InChI=1S/C14H19NO2S/c1-16-12-2-3-13-11(10-12)4-5-14(17-13)6-8-15(18)9-7-14/h2-3,10,18H,4-9H2,1H3. The van der Waals surface area contributed by atoms with Crippen molar-refractivity contribution < 1.29 is 9.47 Å². The highest BCUT2D eigenvalue weighted by molar-refractivity contribution is 7.77. The molecule has 0 N–H and O–H groups in total. The molecule has 0 unspecified atom stereocenters. The summed E-state index contributed by atoms with van der Waals surface area (Å²) in [5.41, 5.74) is 1.31. The number of piperidine rings is 1. The van der Waals surface area contributed by atoms with E-state index in [9.17, 15) is 0 Å². The van der Waals surface area contributed by atoms with Crippen molar-refractivity contribution in [3.63, 3.8) is 0 Å². The molecule has 98 valence electrons. The Kier molecular flexibility index (Phi) is 3.16. The van der Waals surface area contributed by atoms with Crippen LogP contribution < -0.4 is 9.47 Å². The van der Waals surface area contributed by atoms with Gasteiger partial charge in [0, 0.05) is 25.9 Å². The Balaban J connectivity index is 1.81. The molecule has 1 aromatic carbocycles. The van der Waals surface area contributed by atoms with Gasteiger partial charge in [-0.3, -0.25) is 4.31 Å². The van der Waals surface area contributed by atoms with Gasteiger partial charge in [0.25, 0.3) is 0 Å². The van der Waals surface area contributed by atoms with Gasteiger partial charge >= 0.3 is 0 Å². The number of hydrogen-bond donors (Lipinski definition) is 1. The van der Waals surface area contributed by atoms with E-state index < -0.39 is 0 Å². The van der Waals surface area contributed by atoms with Crippen LogP contribution in [0.2, 0.25) is 0 Å². The van der Waals surface area contributed by atoms with Gasteiger partial charge in [-0.05, 0) is 36.6 Å². The van der Waals surface area contributed by atoms with Crippen molar-refractivity contribution in [2.45, 2.75) is 31.3 Å². The highest BCUT2D eigenvalue weighted by Gasteiger charge is 2.38. The minimum absolute atomic E-state index is 0.0425. The van der Waals surface area contributed by atoms with Gasteiger partial charge in [-0.1, -0.05) is 12.8 Å². The Morgan fingerprint density at radius 2 is 2.06 bits per heavy atom. The predicted molar refractivity (Wildman–Crippen MR) is 74.5 cm³/mol. The Labute approximate surface area is 114 Å². The van der Waals surface area contributed by atoms with E-state index in [1.807, 2.05) is 12.1 Å². The van der Waals surface area contributed by atoms with Crippen LogP contribution >= 0.6 is 12.8 Å². The van der Waals surface area contributed by atoms with Crippen molar-refractivity contribution in [3.8, 4) is 11.5 Å². The van der Waals surface area contributed by atoms with Crippen molar-refractivity contribution in [1.29, 1.82) is 0 Å². The van der Waals surface area contributed by atoms with Gasteiger partial charge in [0.1, 0.15) is 17.1 Å². The normalized spacial score (nSPS) is 22.3. The maximum absolute atomic E-state index is 6.29. The fourth-order valence-electron chi connectivity index (χ4n) is 2.88. The van der Waals surface area contributed by atoms with E-state index in [4.69, 9.17) is 9.47 Å². The second-order valence-electron chi connectivity index (χ2n) is 5.21. The van der Waals surface area contributed by atoms with Gasteiger partial charge < -0.3 is 9.47 Å². The maximum atomic E-state index is 6.29. The Bertz CT molecular complexity index is 441. The smallest absolute Gasteiger partial charge is 0.123 e. The third kappa shape index (κ3) is 2.19. The molecule has 1 fully saturated rings. The Hall–Kier alpha value is -0.870. The van der Waals surface area contributed by atoms with E-state index in [1.54, 1.807) is 7.11 Å². The number of rotatable bonds is 1. The molecule has 0 aromatic heterocycles. The van der Waals surface area contributed by atoms with E-state index in [0.29, 0.717) is 0 Å². The molecule has 0 atom stereocenters. The lowest BCUT2D eigenvalue weighted by Gasteiger charge is -2.43. The topological polar surface area (TPSA) is 21.7 Å².